The number of hydrogen-bond donors (Lipinski definition) is 3. The van der Waals surface area contributed by atoms with Gasteiger partial charge in [-0.3, -0.25) is 24.0 Å². The van der Waals surface area contributed by atoms with Crippen molar-refractivity contribution < 1.29 is 14.7 Å². The van der Waals surface area contributed by atoms with Crippen LogP contribution in [0.3, 0.4) is 0 Å². The van der Waals surface area contributed by atoms with E-state index in [9.17, 15) is 19.5 Å². The predicted octanol–water partition coefficient (Wildman–Crippen LogP) is 0.238. The first kappa shape index (κ1) is 17.9. The number of amides is 2. The summed E-state index contributed by atoms with van der Waals surface area (Å²) < 4.78 is 3.15. The number of benzene rings is 1. The maximum Gasteiger partial charge on any atom is 0.329 e. The number of aryl methyl sites for hydroxylation is 1. The number of rotatable bonds is 3. The Balaban J connectivity index is 1.82. The fourth-order valence-corrected chi connectivity index (χ4v) is 4.29. The number of carbonyl (C=O) groups is 2. The zero-order valence-corrected chi connectivity index (χ0v) is 15.3. The van der Waals surface area contributed by atoms with E-state index in [1.54, 1.807) is 4.57 Å². The maximum atomic E-state index is 13.0. The molecule has 8 nitrogen and oxygen atoms in total. The summed E-state index contributed by atoms with van der Waals surface area (Å²) in [5, 5.41) is 15.8. The van der Waals surface area contributed by atoms with E-state index in [4.69, 9.17) is 0 Å². The van der Waals surface area contributed by atoms with Gasteiger partial charge in [0.25, 0.3) is 0 Å². The minimum absolute atomic E-state index is 0.0232. The Hall–Kier alpha value is -2.45. The molecule has 0 bridgehead atoms. The molecule has 0 radical (unpaired) electrons. The topological polar surface area (TPSA) is 105 Å². The predicted molar refractivity (Wildman–Crippen MR) is 99.5 cm³/mol. The quantitative estimate of drug-likeness (QED) is 0.670. The standard InChI is InChI=1S/C19H24N4O4/c1-2-22-15-9-11(12-7-8-20-10-16(12)24)3-4-13(15)23(19(22)27)14-5-6-17(25)21-18(14)26/h3-4,9,12,14,16,20,24H,2,5-8,10H2,1H3,(H,21,25,26)/t12-,14?,16+/m1/s1. The number of nitrogens with zero attached hydrogens (tertiary/aromatic N) is 2. The maximum absolute atomic E-state index is 13.0. The summed E-state index contributed by atoms with van der Waals surface area (Å²) in [5.41, 5.74) is 2.20. The number of hydrogen-bond acceptors (Lipinski definition) is 5. The molecule has 2 aliphatic rings. The van der Waals surface area contributed by atoms with Crippen LogP contribution in [-0.2, 0) is 16.1 Å². The molecule has 3 atom stereocenters. The third kappa shape index (κ3) is 2.98. The van der Waals surface area contributed by atoms with E-state index in [1.165, 1.54) is 4.57 Å². The molecule has 2 aromatic rings. The van der Waals surface area contributed by atoms with Crippen molar-refractivity contribution in [3.05, 3.63) is 34.2 Å². The van der Waals surface area contributed by atoms with Crippen LogP contribution >= 0.6 is 0 Å². The summed E-state index contributed by atoms with van der Waals surface area (Å²) in [6.07, 6.45) is 0.912. The van der Waals surface area contributed by atoms with E-state index in [-0.39, 0.29) is 23.9 Å². The van der Waals surface area contributed by atoms with Crippen molar-refractivity contribution in [2.24, 2.45) is 0 Å². The minimum atomic E-state index is -0.680. The number of aliphatic hydroxyl groups is 1. The van der Waals surface area contributed by atoms with Crippen LogP contribution < -0.4 is 16.3 Å². The molecule has 27 heavy (non-hydrogen) atoms. The second-order valence-electron chi connectivity index (χ2n) is 7.28. The highest BCUT2D eigenvalue weighted by Crippen LogP contribution is 2.30. The van der Waals surface area contributed by atoms with Crippen molar-refractivity contribution in [3.63, 3.8) is 0 Å². The van der Waals surface area contributed by atoms with Gasteiger partial charge in [-0.25, -0.2) is 4.79 Å². The zero-order chi connectivity index (χ0) is 19.1. The van der Waals surface area contributed by atoms with Crippen LogP contribution in [0.4, 0.5) is 0 Å². The van der Waals surface area contributed by atoms with Gasteiger partial charge in [0.2, 0.25) is 11.8 Å². The number of β-amino-alcohol motifs (C(OH)–C–C–N with tert-alkyl or cyclic N) is 1. The fourth-order valence-electron chi connectivity index (χ4n) is 4.29. The van der Waals surface area contributed by atoms with Crippen LogP contribution in [0.15, 0.2) is 23.0 Å². The Morgan fingerprint density at radius 3 is 2.70 bits per heavy atom. The molecule has 2 fully saturated rings. The number of aromatic nitrogens is 2. The molecule has 0 saturated carbocycles. The average molecular weight is 372 g/mol. The molecule has 2 amide bonds. The van der Waals surface area contributed by atoms with Crippen molar-refractivity contribution in [2.75, 3.05) is 13.1 Å². The van der Waals surface area contributed by atoms with E-state index < -0.39 is 18.1 Å². The lowest BCUT2D eigenvalue weighted by atomic mass is 9.87. The van der Waals surface area contributed by atoms with Gasteiger partial charge in [0.05, 0.1) is 17.1 Å². The number of aliphatic hydroxyl groups excluding tert-OH is 1. The van der Waals surface area contributed by atoms with Crippen molar-refractivity contribution in [3.8, 4) is 0 Å². The smallest absolute Gasteiger partial charge is 0.329 e. The first-order chi connectivity index (χ1) is 13.0. The monoisotopic (exact) mass is 372 g/mol. The van der Waals surface area contributed by atoms with Crippen molar-refractivity contribution >= 4 is 22.8 Å². The third-order valence-corrected chi connectivity index (χ3v) is 5.70. The average Bonchev–Trinajstić information content (AvgIpc) is 2.93. The second-order valence-corrected chi connectivity index (χ2v) is 7.28. The normalized spacial score (nSPS) is 26.4. The molecule has 0 spiro atoms. The Kier molecular flexibility index (Phi) is 4.61. The van der Waals surface area contributed by atoms with E-state index in [0.717, 1.165) is 24.0 Å². The van der Waals surface area contributed by atoms with E-state index in [0.29, 0.717) is 25.0 Å². The van der Waals surface area contributed by atoms with E-state index in [2.05, 4.69) is 10.6 Å². The first-order valence-corrected chi connectivity index (χ1v) is 9.48. The lowest BCUT2D eigenvalue weighted by Gasteiger charge is -2.28. The summed E-state index contributed by atoms with van der Waals surface area (Å²) in [4.78, 5) is 36.8. The summed E-state index contributed by atoms with van der Waals surface area (Å²) in [7, 11) is 0. The van der Waals surface area contributed by atoms with Gasteiger partial charge in [-0.2, -0.15) is 0 Å². The van der Waals surface area contributed by atoms with Crippen LogP contribution in [0.5, 0.6) is 0 Å². The van der Waals surface area contributed by atoms with Crippen molar-refractivity contribution in [1.82, 2.24) is 19.8 Å². The van der Waals surface area contributed by atoms with Gasteiger partial charge in [-0.1, -0.05) is 6.07 Å². The van der Waals surface area contributed by atoms with E-state index >= 15 is 0 Å². The Morgan fingerprint density at radius 1 is 1.19 bits per heavy atom. The van der Waals surface area contributed by atoms with Gasteiger partial charge in [-0.15, -0.1) is 0 Å². The summed E-state index contributed by atoms with van der Waals surface area (Å²) >= 11 is 0. The first-order valence-electron chi connectivity index (χ1n) is 9.48. The summed E-state index contributed by atoms with van der Waals surface area (Å²) in [6.45, 7) is 3.77. The van der Waals surface area contributed by atoms with Crippen LogP contribution in [0.1, 0.15) is 43.7 Å². The van der Waals surface area contributed by atoms with Crippen molar-refractivity contribution in [2.45, 2.75) is 50.8 Å². The molecule has 8 heteroatoms. The number of imide groups is 1. The molecule has 1 aromatic carbocycles. The van der Waals surface area contributed by atoms with Gasteiger partial charge >= 0.3 is 5.69 Å². The van der Waals surface area contributed by atoms with Crippen LogP contribution in [0, 0.1) is 0 Å². The minimum Gasteiger partial charge on any atom is -0.391 e. The number of carbonyl (C=O) groups excluding carboxylic acids is 2. The molecule has 2 saturated heterocycles. The summed E-state index contributed by atoms with van der Waals surface area (Å²) in [6, 6.07) is 5.07. The third-order valence-electron chi connectivity index (χ3n) is 5.70. The molecule has 3 heterocycles. The Labute approximate surface area is 156 Å². The van der Waals surface area contributed by atoms with Gasteiger partial charge in [0.15, 0.2) is 0 Å². The number of fused-ring (bicyclic) bond motifs is 1. The molecule has 4 rings (SSSR count). The Bertz CT molecular complexity index is 961. The molecule has 1 aromatic heterocycles. The lowest BCUT2D eigenvalue weighted by Crippen LogP contribution is -2.44. The van der Waals surface area contributed by atoms with E-state index in [1.807, 2.05) is 25.1 Å². The van der Waals surface area contributed by atoms with Crippen molar-refractivity contribution in [1.29, 1.82) is 0 Å². The van der Waals surface area contributed by atoms with Gasteiger partial charge in [0.1, 0.15) is 6.04 Å². The Morgan fingerprint density at radius 2 is 2.00 bits per heavy atom. The zero-order valence-electron chi connectivity index (χ0n) is 15.3. The number of imidazole rings is 1. The van der Waals surface area contributed by atoms with Gasteiger partial charge in [-0.05, 0) is 44.0 Å². The summed E-state index contributed by atoms with van der Waals surface area (Å²) in [5.74, 6) is -0.706. The fraction of sp³-hybridized carbons (Fsp3) is 0.526. The highest BCUT2D eigenvalue weighted by Gasteiger charge is 2.32. The largest absolute Gasteiger partial charge is 0.391 e. The van der Waals surface area contributed by atoms with Crippen LogP contribution in [-0.4, -0.2) is 45.2 Å². The molecule has 144 valence electrons. The highest BCUT2D eigenvalue weighted by molar-refractivity contribution is 6.00. The molecule has 1 unspecified atom stereocenters. The molecule has 0 aliphatic carbocycles. The van der Waals surface area contributed by atoms with Gasteiger partial charge in [0, 0.05) is 25.4 Å². The molecule has 2 aliphatic heterocycles. The number of piperidine rings is 2. The van der Waals surface area contributed by atoms with Crippen LogP contribution in [0.25, 0.3) is 11.0 Å². The molecular formula is C19H24N4O4. The van der Waals surface area contributed by atoms with Crippen LogP contribution in [0.2, 0.25) is 0 Å². The highest BCUT2D eigenvalue weighted by atomic mass is 16.3. The lowest BCUT2D eigenvalue weighted by molar-refractivity contribution is -0.135. The SMILES string of the molecule is CCn1c(=O)n(C2CCC(=O)NC2=O)c2ccc([C@H]3CCNC[C@@H]3O)cc21. The van der Waals surface area contributed by atoms with Gasteiger partial charge < -0.3 is 10.4 Å². The second kappa shape index (κ2) is 6.94. The molecular weight excluding hydrogens is 348 g/mol. The molecule has 3 N–H and O–H groups in total. The number of nitrogens with one attached hydrogen (secondary N) is 2.